The van der Waals surface area contributed by atoms with Gasteiger partial charge in [-0.3, -0.25) is 9.69 Å². The van der Waals surface area contributed by atoms with Crippen molar-refractivity contribution >= 4 is 23.6 Å². The van der Waals surface area contributed by atoms with Crippen molar-refractivity contribution in [3.8, 4) is 5.75 Å². The lowest BCUT2D eigenvalue weighted by molar-refractivity contribution is -0.118. The van der Waals surface area contributed by atoms with Crippen molar-refractivity contribution in [2.45, 2.75) is 38.0 Å². The predicted molar refractivity (Wildman–Crippen MR) is 125 cm³/mol. The molecule has 1 aliphatic heterocycles. The highest BCUT2D eigenvalue weighted by atomic mass is 32.2. The second-order valence-electron chi connectivity index (χ2n) is 7.79. The van der Waals surface area contributed by atoms with Gasteiger partial charge in [-0.2, -0.15) is 0 Å². The summed E-state index contributed by atoms with van der Waals surface area (Å²) in [4.78, 5) is 25.8. The minimum Gasteiger partial charge on any atom is -0.494 e. The van der Waals surface area contributed by atoms with E-state index in [9.17, 15) is 9.59 Å². The standard InChI is InChI=1S/C24H32N2O5S/c1-29-24(28)22-10-9-21(31-22)17-32-18-23(27)25-11-6-14-30-20-8-5-7-19(15-20)16-26-12-3-2-4-13-26/h5,7-10,15H,2-4,6,11-14,16-18H2,1H3,(H,25,27). The van der Waals surface area contributed by atoms with Crippen LogP contribution in [0.25, 0.3) is 0 Å². The average Bonchev–Trinajstić information content (AvgIpc) is 3.28. The number of thioether (sulfide) groups is 1. The van der Waals surface area contributed by atoms with Crippen molar-refractivity contribution in [1.29, 1.82) is 0 Å². The van der Waals surface area contributed by atoms with Crippen LogP contribution in [0.4, 0.5) is 0 Å². The van der Waals surface area contributed by atoms with Crippen LogP contribution in [0.5, 0.6) is 5.75 Å². The number of amides is 1. The van der Waals surface area contributed by atoms with Crippen LogP contribution in [0.15, 0.2) is 40.8 Å². The SMILES string of the molecule is COC(=O)c1ccc(CSCC(=O)NCCCOc2cccc(CN3CCCCC3)c2)o1. The zero-order chi connectivity index (χ0) is 22.6. The quantitative estimate of drug-likeness (QED) is 0.380. The smallest absolute Gasteiger partial charge is 0.373 e. The number of carbonyl (C=O) groups excluding carboxylic acids is 2. The van der Waals surface area contributed by atoms with Gasteiger partial charge in [0.15, 0.2) is 0 Å². The summed E-state index contributed by atoms with van der Waals surface area (Å²) in [5.74, 6) is 2.00. The highest BCUT2D eigenvalue weighted by Gasteiger charge is 2.12. The minimum absolute atomic E-state index is 0.0294. The number of carbonyl (C=O) groups is 2. The van der Waals surface area contributed by atoms with Crippen molar-refractivity contribution in [2.75, 3.05) is 39.1 Å². The van der Waals surface area contributed by atoms with Crippen LogP contribution in [-0.2, 0) is 21.8 Å². The second-order valence-corrected chi connectivity index (χ2v) is 8.77. The van der Waals surface area contributed by atoms with Crippen molar-refractivity contribution in [3.05, 3.63) is 53.5 Å². The zero-order valence-electron chi connectivity index (χ0n) is 18.6. The summed E-state index contributed by atoms with van der Waals surface area (Å²) < 4.78 is 15.8. The molecule has 174 valence electrons. The van der Waals surface area contributed by atoms with Crippen molar-refractivity contribution in [1.82, 2.24) is 10.2 Å². The van der Waals surface area contributed by atoms with E-state index in [1.54, 1.807) is 12.1 Å². The molecule has 1 saturated heterocycles. The lowest BCUT2D eigenvalue weighted by Crippen LogP contribution is -2.29. The Bertz CT molecular complexity index is 864. The molecular weight excluding hydrogens is 428 g/mol. The molecule has 7 nitrogen and oxygen atoms in total. The fourth-order valence-corrected chi connectivity index (χ4v) is 4.31. The molecule has 0 atom stereocenters. The molecule has 32 heavy (non-hydrogen) atoms. The molecule has 1 aliphatic rings. The highest BCUT2D eigenvalue weighted by molar-refractivity contribution is 7.99. The molecule has 0 unspecified atom stereocenters. The van der Waals surface area contributed by atoms with Crippen molar-refractivity contribution in [2.24, 2.45) is 0 Å². The van der Waals surface area contributed by atoms with Gasteiger partial charge in [0.25, 0.3) is 0 Å². The molecule has 1 fully saturated rings. The lowest BCUT2D eigenvalue weighted by atomic mass is 10.1. The average molecular weight is 461 g/mol. The largest absolute Gasteiger partial charge is 0.494 e. The molecule has 0 bridgehead atoms. The first kappa shape index (κ1) is 24.2. The van der Waals surface area contributed by atoms with Crippen molar-refractivity contribution < 1.29 is 23.5 Å². The van der Waals surface area contributed by atoms with Gasteiger partial charge < -0.3 is 19.2 Å². The number of esters is 1. The Kier molecular flexibility index (Phi) is 9.97. The Hall–Kier alpha value is -2.45. The molecule has 1 amide bonds. The van der Waals surface area contributed by atoms with E-state index in [4.69, 9.17) is 9.15 Å². The third-order valence-corrected chi connectivity index (χ3v) is 6.15. The lowest BCUT2D eigenvalue weighted by Gasteiger charge is -2.26. The van der Waals surface area contributed by atoms with E-state index in [0.29, 0.717) is 30.4 Å². The van der Waals surface area contributed by atoms with Gasteiger partial charge in [-0.1, -0.05) is 18.6 Å². The molecule has 0 spiro atoms. The number of nitrogens with one attached hydrogen (secondary N) is 1. The molecular formula is C24H32N2O5S. The molecule has 2 aromatic rings. The summed E-state index contributed by atoms with van der Waals surface area (Å²) in [5, 5.41) is 2.90. The molecule has 1 N–H and O–H groups in total. The molecule has 3 rings (SSSR count). The number of likely N-dealkylation sites (tertiary alicyclic amines) is 1. The van der Waals surface area contributed by atoms with Crippen LogP contribution in [0.3, 0.4) is 0 Å². The van der Waals surface area contributed by atoms with Gasteiger partial charge in [0, 0.05) is 13.1 Å². The zero-order valence-corrected chi connectivity index (χ0v) is 19.5. The van der Waals surface area contributed by atoms with E-state index in [1.807, 2.05) is 12.1 Å². The summed E-state index contributed by atoms with van der Waals surface area (Å²) in [7, 11) is 1.31. The maximum absolute atomic E-state index is 12.0. The molecule has 1 aromatic carbocycles. The molecule has 1 aromatic heterocycles. The first-order valence-corrected chi connectivity index (χ1v) is 12.2. The highest BCUT2D eigenvalue weighted by Crippen LogP contribution is 2.18. The number of rotatable bonds is 12. The molecule has 0 saturated carbocycles. The van der Waals surface area contributed by atoms with E-state index >= 15 is 0 Å². The number of ether oxygens (including phenoxy) is 2. The van der Waals surface area contributed by atoms with Crippen LogP contribution in [0, 0.1) is 0 Å². The van der Waals surface area contributed by atoms with Gasteiger partial charge in [-0.15, -0.1) is 11.8 Å². The number of hydrogen-bond acceptors (Lipinski definition) is 7. The Balaban J connectivity index is 1.26. The Labute approximate surface area is 193 Å². The second kappa shape index (κ2) is 13.2. The van der Waals surface area contributed by atoms with Crippen LogP contribution < -0.4 is 10.1 Å². The Morgan fingerprint density at radius 1 is 1.16 bits per heavy atom. The van der Waals surface area contributed by atoms with Crippen LogP contribution in [0.2, 0.25) is 0 Å². The maximum atomic E-state index is 12.0. The van der Waals surface area contributed by atoms with Gasteiger partial charge in [-0.25, -0.2) is 4.79 Å². The molecule has 2 heterocycles. The third-order valence-electron chi connectivity index (χ3n) is 5.19. The number of benzene rings is 1. The third kappa shape index (κ3) is 8.24. The van der Waals surface area contributed by atoms with Crippen molar-refractivity contribution in [3.63, 3.8) is 0 Å². The molecule has 8 heteroatoms. The number of methoxy groups -OCH3 is 1. The van der Waals surface area contributed by atoms with Gasteiger partial charge >= 0.3 is 5.97 Å². The van der Waals surface area contributed by atoms with E-state index in [1.165, 1.54) is 56.8 Å². The maximum Gasteiger partial charge on any atom is 0.373 e. The molecule has 0 aliphatic carbocycles. The van der Waals surface area contributed by atoms with E-state index in [2.05, 4.69) is 27.1 Å². The minimum atomic E-state index is -0.505. The first-order chi connectivity index (χ1) is 15.6. The number of hydrogen-bond donors (Lipinski definition) is 1. The first-order valence-electron chi connectivity index (χ1n) is 11.1. The predicted octanol–water partition coefficient (Wildman–Crippen LogP) is 3.87. The number of nitrogens with zero attached hydrogens (tertiary/aromatic N) is 1. The van der Waals surface area contributed by atoms with E-state index < -0.39 is 5.97 Å². The summed E-state index contributed by atoms with van der Waals surface area (Å²) in [5.41, 5.74) is 1.28. The van der Waals surface area contributed by atoms with Crippen LogP contribution >= 0.6 is 11.8 Å². The molecule has 0 radical (unpaired) electrons. The van der Waals surface area contributed by atoms with Crippen LogP contribution in [0.1, 0.15) is 47.6 Å². The van der Waals surface area contributed by atoms with Gasteiger partial charge in [0.1, 0.15) is 11.5 Å². The summed E-state index contributed by atoms with van der Waals surface area (Å²) in [6.45, 7) is 4.47. The normalized spacial score (nSPS) is 14.2. The summed E-state index contributed by atoms with van der Waals surface area (Å²) in [6.07, 6.45) is 4.67. The Morgan fingerprint density at radius 3 is 2.81 bits per heavy atom. The number of piperidine rings is 1. The summed E-state index contributed by atoms with van der Waals surface area (Å²) >= 11 is 1.43. The Morgan fingerprint density at radius 2 is 2.00 bits per heavy atom. The topological polar surface area (TPSA) is 81.0 Å². The van der Waals surface area contributed by atoms with E-state index in [0.717, 1.165) is 18.7 Å². The van der Waals surface area contributed by atoms with Gasteiger partial charge in [0.2, 0.25) is 11.7 Å². The number of furan rings is 1. The fraction of sp³-hybridized carbons (Fsp3) is 0.500. The van der Waals surface area contributed by atoms with Gasteiger partial charge in [-0.05, 0) is 62.2 Å². The van der Waals surface area contributed by atoms with Crippen LogP contribution in [-0.4, -0.2) is 55.9 Å². The monoisotopic (exact) mass is 460 g/mol. The van der Waals surface area contributed by atoms with E-state index in [-0.39, 0.29) is 11.7 Å². The summed E-state index contributed by atoms with van der Waals surface area (Å²) in [6, 6.07) is 11.6. The fourth-order valence-electron chi connectivity index (χ4n) is 3.56. The van der Waals surface area contributed by atoms with Gasteiger partial charge in [0.05, 0.1) is 25.2 Å².